The number of rotatable bonds is 5. The van der Waals surface area contributed by atoms with E-state index >= 15 is 0 Å². The molecule has 0 bridgehead atoms. The second kappa shape index (κ2) is 7.05. The zero-order valence-electron chi connectivity index (χ0n) is 16.0. The lowest BCUT2D eigenvalue weighted by atomic mass is 10.1. The van der Waals surface area contributed by atoms with Gasteiger partial charge in [-0.15, -0.1) is 0 Å². The summed E-state index contributed by atoms with van der Waals surface area (Å²) < 4.78 is 10.0. The molecule has 0 amide bonds. The number of aromatic nitrogens is 2. The van der Waals surface area contributed by atoms with Gasteiger partial charge in [-0.05, 0) is 60.0 Å². The smallest absolute Gasteiger partial charge is 0.244 e. The number of hydrogen-bond donors (Lipinski definition) is 1. The first-order valence-corrected chi connectivity index (χ1v) is 9.26. The Morgan fingerprint density at radius 2 is 1.74 bits per heavy atom. The van der Waals surface area contributed by atoms with Crippen molar-refractivity contribution in [2.75, 3.05) is 6.61 Å². The molecule has 3 aromatic carbocycles. The number of benzene rings is 3. The second-order valence-corrected chi connectivity index (χ2v) is 7.28. The molecule has 0 aliphatic carbocycles. The largest absolute Gasteiger partial charge is 0.491 e. The van der Waals surface area contributed by atoms with Crippen LogP contribution in [0.5, 0.6) is 5.75 Å². The Balaban J connectivity index is 1.48. The van der Waals surface area contributed by atoms with Gasteiger partial charge in [-0.2, -0.15) is 0 Å². The third-order valence-electron chi connectivity index (χ3n) is 5.16. The zero-order chi connectivity index (χ0) is 19.0. The van der Waals surface area contributed by atoms with E-state index in [0.717, 1.165) is 16.7 Å². The van der Waals surface area contributed by atoms with Crippen LogP contribution in [0.3, 0.4) is 0 Å². The summed E-state index contributed by atoms with van der Waals surface area (Å²) in [6.45, 7) is 4.99. The van der Waals surface area contributed by atoms with Crippen molar-refractivity contribution in [2.45, 2.75) is 26.5 Å². The highest BCUT2D eigenvalue weighted by Crippen LogP contribution is 2.21. The van der Waals surface area contributed by atoms with Gasteiger partial charge in [0.2, 0.25) is 6.33 Å². The molecule has 0 aliphatic heterocycles. The number of aliphatic hydroxyl groups is 1. The normalized spacial score (nSPS) is 12.6. The van der Waals surface area contributed by atoms with Crippen LogP contribution in [0.25, 0.3) is 21.8 Å². The molecule has 138 valence electrons. The van der Waals surface area contributed by atoms with Crippen LogP contribution in [0, 0.1) is 13.8 Å². The molecule has 1 heterocycles. The fraction of sp³-hybridized carbons (Fsp3) is 0.261. The molecule has 4 rings (SSSR count). The molecule has 1 aromatic heterocycles. The first kappa shape index (κ1) is 17.6. The molecule has 1 atom stereocenters. The van der Waals surface area contributed by atoms with Gasteiger partial charge in [0, 0.05) is 0 Å². The summed E-state index contributed by atoms with van der Waals surface area (Å²) in [6, 6.07) is 18.6. The number of aliphatic hydroxyl groups excluding tert-OH is 1. The molecular formula is C23H25N2O2+. The van der Waals surface area contributed by atoms with Crippen LogP contribution in [0.1, 0.15) is 11.1 Å². The maximum absolute atomic E-state index is 10.5. The van der Waals surface area contributed by atoms with E-state index in [1.165, 1.54) is 22.0 Å². The summed E-state index contributed by atoms with van der Waals surface area (Å²) >= 11 is 0. The Morgan fingerprint density at radius 1 is 1.00 bits per heavy atom. The fourth-order valence-electron chi connectivity index (χ4n) is 3.51. The summed E-state index contributed by atoms with van der Waals surface area (Å²) in [7, 11) is 2.03. The Kier molecular flexibility index (Phi) is 4.58. The molecule has 4 aromatic rings. The van der Waals surface area contributed by atoms with Crippen LogP contribution in [0.15, 0.2) is 60.9 Å². The van der Waals surface area contributed by atoms with Gasteiger partial charge in [0.05, 0.1) is 7.05 Å². The van der Waals surface area contributed by atoms with Gasteiger partial charge < -0.3 is 9.84 Å². The molecule has 0 aliphatic rings. The molecule has 1 N–H and O–H groups in total. The highest BCUT2D eigenvalue weighted by molar-refractivity contribution is 5.83. The molecule has 0 spiro atoms. The van der Waals surface area contributed by atoms with E-state index in [0.29, 0.717) is 6.54 Å². The van der Waals surface area contributed by atoms with E-state index in [4.69, 9.17) is 4.74 Å². The van der Waals surface area contributed by atoms with Crippen LogP contribution < -0.4 is 9.30 Å². The molecule has 4 nitrogen and oxygen atoms in total. The van der Waals surface area contributed by atoms with Crippen molar-refractivity contribution in [3.63, 3.8) is 0 Å². The van der Waals surface area contributed by atoms with E-state index in [9.17, 15) is 5.11 Å². The van der Waals surface area contributed by atoms with Crippen LogP contribution in [0.2, 0.25) is 0 Å². The Hall–Kier alpha value is -2.85. The van der Waals surface area contributed by atoms with Crippen molar-refractivity contribution in [3.05, 3.63) is 72.1 Å². The lowest BCUT2D eigenvalue weighted by Gasteiger charge is -2.12. The molecule has 27 heavy (non-hydrogen) atoms. The summed E-state index contributed by atoms with van der Waals surface area (Å²) in [6.07, 6.45) is 1.44. The molecular weight excluding hydrogens is 336 g/mol. The maximum Gasteiger partial charge on any atom is 0.244 e. The predicted molar refractivity (Wildman–Crippen MR) is 108 cm³/mol. The Labute approximate surface area is 159 Å². The van der Waals surface area contributed by atoms with Crippen molar-refractivity contribution in [2.24, 2.45) is 7.05 Å². The van der Waals surface area contributed by atoms with Crippen LogP contribution >= 0.6 is 0 Å². The second-order valence-electron chi connectivity index (χ2n) is 7.28. The topological polar surface area (TPSA) is 38.3 Å². The quantitative estimate of drug-likeness (QED) is 0.551. The number of ether oxygens (including phenoxy) is 1. The zero-order valence-corrected chi connectivity index (χ0v) is 16.0. The molecule has 4 heteroatoms. The van der Waals surface area contributed by atoms with Gasteiger partial charge in [-0.3, -0.25) is 0 Å². The highest BCUT2D eigenvalue weighted by atomic mass is 16.5. The Bertz CT molecular complexity index is 1110. The summed E-state index contributed by atoms with van der Waals surface area (Å²) in [5, 5.41) is 12.8. The summed E-state index contributed by atoms with van der Waals surface area (Å²) in [5.41, 5.74) is 4.83. The minimum Gasteiger partial charge on any atom is -0.491 e. The van der Waals surface area contributed by atoms with Crippen LogP contribution in [-0.4, -0.2) is 22.4 Å². The van der Waals surface area contributed by atoms with Crippen molar-refractivity contribution in [1.29, 1.82) is 0 Å². The third-order valence-corrected chi connectivity index (χ3v) is 5.16. The average molecular weight is 361 g/mol. The van der Waals surface area contributed by atoms with Gasteiger partial charge in [0.15, 0.2) is 11.0 Å². The van der Waals surface area contributed by atoms with Crippen molar-refractivity contribution < 1.29 is 14.4 Å². The van der Waals surface area contributed by atoms with E-state index < -0.39 is 6.10 Å². The molecule has 0 radical (unpaired) electrons. The first-order chi connectivity index (χ1) is 13.0. The highest BCUT2D eigenvalue weighted by Gasteiger charge is 2.18. The van der Waals surface area contributed by atoms with Crippen molar-refractivity contribution >= 4 is 21.8 Å². The van der Waals surface area contributed by atoms with Crippen LogP contribution in [-0.2, 0) is 13.6 Å². The standard InChI is InChI=1S/C23H25N2O2/c1-16-10-22-23(11-17(16)2)25(15-24(22)3)13-20(26)14-27-21-9-8-18-6-4-5-7-19(18)12-21/h4-12,15,20,26H,13-14H2,1-3H3/q+1. The van der Waals surface area contributed by atoms with Gasteiger partial charge in [-0.1, -0.05) is 30.3 Å². The van der Waals surface area contributed by atoms with Crippen molar-refractivity contribution in [1.82, 2.24) is 4.57 Å². The first-order valence-electron chi connectivity index (χ1n) is 9.26. The van der Waals surface area contributed by atoms with Gasteiger partial charge in [0.25, 0.3) is 0 Å². The molecule has 0 saturated heterocycles. The summed E-state index contributed by atoms with van der Waals surface area (Å²) in [5.74, 6) is 0.780. The molecule has 0 saturated carbocycles. The van der Waals surface area contributed by atoms with Gasteiger partial charge >= 0.3 is 0 Å². The van der Waals surface area contributed by atoms with E-state index in [1.807, 2.05) is 43.7 Å². The van der Waals surface area contributed by atoms with Gasteiger partial charge in [-0.25, -0.2) is 9.13 Å². The molecule has 0 fully saturated rings. The minimum absolute atomic E-state index is 0.257. The van der Waals surface area contributed by atoms with E-state index in [-0.39, 0.29) is 6.61 Å². The number of aryl methyl sites for hydroxylation is 3. The van der Waals surface area contributed by atoms with E-state index in [1.54, 1.807) is 0 Å². The molecule has 1 unspecified atom stereocenters. The number of imidazole rings is 1. The number of nitrogens with zero attached hydrogens (tertiary/aromatic N) is 2. The number of fused-ring (bicyclic) bond motifs is 2. The minimum atomic E-state index is -0.589. The predicted octanol–water partition coefficient (Wildman–Crippen LogP) is 3.68. The number of hydrogen-bond acceptors (Lipinski definition) is 2. The monoisotopic (exact) mass is 361 g/mol. The SMILES string of the molecule is Cc1cc2c(cc1C)[n+](C)cn2CC(O)COc1ccc2ccccc2c1. The van der Waals surface area contributed by atoms with Gasteiger partial charge in [0.1, 0.15) is 25.0 Å². The van der Waals surface area contributed by atoms with Crippen LogP contribution in [0.4, 0.5) is 0 Å². The Morgan fingerprint density at radius 3 is 2.56 bits per heavy atom. The van der Waals surface area contributed by atoms with Crippen molar-refractivity contribution in [3.8, 4) is 5.75 Å². The lowest BCUT2D eigenvalue weighted by Crippen LogP contribution is -2.27. The average Bonchev–Trinajstić information content (AvgIpc) is 2.95. The lowest BCUT2D eigenvalue weighted by molar-refractivity contribution is -0.645. The maximum atomic E-state index is 10.5. The fourth-order valence-corrected chi connectivity index (χ4v) is 3.51. The van der Waals surface area contributed by atoms with E-state index in [2.05, 4.69) is 47.2 Å². The summed E-state index contributed by atoms with van der Waals surface area (Å²) in [4.78, 5) is 0. The third kappa shape index (κ3) is 3.53.